The summed E-state index contributed by atoms with van der Waals surface area (Å²) in [5, 5.41) is 21.0. The van der Waals surface area contributed by atoms with Gasteiger partial charge in [0.2, 0.25) is 0 Å². The van der Waals surface area contributed by atoms with Crippen LogP contribution in [0.15, 0.2) is 72.8 Å². The quantitative estimate of drug-likeness (QED) is 0.458. The fourth-order valence-corrected chi connectivity index (χ4v) is 3.25. The lowest BCUT2D eigenvalue weighted by Crippen LogP contribution is -2.14. The normalized spacial score (nSPS) is 11.7. The molecule has 0 unspecified atom stereocenters. The predicted octanol–water partition coefficient (Wildman–Crippen LogP) is 3.62. The van der Waals surface area contributed by atoms with E-state index in [2.05, 4.69) is 5.32 Å². The lowest BCUT2D eigenvalue weighted by atomic mass is 9.97. The molecule has 3 aromatic rings. The van der Waals surface area contributed by atoms with E-state index in [0.29, 0.717) is 23.2 Å². The number of carboxylic acid groups (broad SMARTS) is 1. The zero-order valence-electron chi connectivity index (χ0n) is 16.4. The summed E-state index contributed by atoms with van der Waals surface area (Å²) in [5.74, 6) is -1.28. The Kier molecular flexibility index (Phi) is 6.95. The van der Waals surface area contributed by atoms with Crippen LogP contribution >= 0.6 is 0 Å². The zero-order valence-corrected chi connectivity index (χ0v) is 16.4. The average Bonchev–Trinajstić information content (AvgIpc) is 2.75. The van der Waals surface area contributed by atoms with Crippen molar-refractivity contribution >= 4 is 17.6 Å². The van der Waals surface area contributed by atoms with Crippen LogP contribution in [0, 0.1) is 0 Å². The third kappa shape index (κ3) is 5.31. The molecule has 0 aliphatic carbocycles. The number of carboxylic acids is 1. The topological polar surface area (TPSA) is 113 Å². The molecule has 0 aliphatic rings. The van der Waals surface area contributed by atoms with Gasteiger partial charge in [0.05, 0.1) is 6.42 Å². The van der Waals surface area contributed by atoms with Crippen molar-refractivity contribution in [2.75, 3.05) is 11.9 Å². The Morgan fingerprint density at radius 3 is 2.37 bits per heavy atom. The molecule has 0 spiro atoms. The molecule has 1 amide bonds. The largest absolute Gasteiger partial charge is 0.481 e. The molecular formula is C24H24N2O4. The van der Waals surface area contributed by atoms with Gasteiger partial charge in [-0.15, -0.1) is 0 Å². The number of aliphatic hydroxyl groups excluding tert-OH is 1. The van der Waals surface area contributed by atoms with Crippen LogP contribution in [0.3, 0.4) is 0 Å². The smallest absolute Gasteiger partial charge is 0.307 e. The Labute approximate surface area is 175 Å². The number of nitrogens with two attached hydrogens (primary N) is 1. The maximum absolute atomic E-state index is 12.8. The Hall–Kier alpha value is -3.48. The van der Waals surface area contributed by atoms with Crippen molar-refractivity contribution in [1.29, 1.82) is 0 Å². The average molecular weight is 404 g/mol. The molecule has 154 valence electrons. The minimum Gasteiger partial charge on any atom is -0.481 e. The van der Waals surface area contributed by atoms with Crippen LogP contribution in [0.1, 0.15) is 33.9 Å². The first kappa shape index (κ1) is 21.2. The number of carbonyl (C=O) groups is 2. The molecule has 0 heterocycles. The van der Waals surface area contributed by atoms with Gasteiger partial charge in [0, 0.05) is 23.9 Å². The van der Waals surface area contributed by atoms with Gasteiger partial charge in [-0.25, -0.2) is 0 Å². The first-order valence-corrected chi connectivity index (χ1v) is 9.66. The van der Waals surface area contributed by atoms with Crippen molar-refractivity contribution in [1.82, 2.24) is 0 Å². The van der Waals surface area contributed by atoms with E-state index in [0.717, 1.165) is 16.7 Å². The first-order valence-electron chi connectivity index (χ1n) is 9.66. The number of hydrogen-bond donors (Lipinski definition) is 4. The van der Waals surface area contributed by atoms with Crippen LogP contribution in [0.4, 0.5) is 5.69 Å². The summed E-state index contributed by atoms with van der Waals surface area (Å²) in [6.45, 7) is 0.0183. The fourth-order valence-electron chi connectivity index (χ4n) is 3.25. The Morgan fingerprint density at radius 2 is 1.63 bits per heavy atom. The van der Waals surface area contributed by atoms with Gasteiger partial charge in [-0.2, -0.15) is 0 Å². The highest BCUT2D eigenvalue weighted by atomic mass is 16.4. The molecule has 5 N–H and O–H groups in total. The summed E-state index contributed by atoms with van der Waals surface area (Å²) in [4.78, 5) is 23.8. The van der Waals surface area contributed by atoms with E-state index in [1.807, 2.05) is 30.3 Å². The lowest BCUT2D eigenvalue weighted by molar-refractivity contribution is -0.136. The van der Waals surface area contributed by atoms with Gasteiger partial charge in [-0.1, -0.05) is 48.5 Å². The molecule has 0 fully saturated rings. The lowest BCUT2D eigenvalue weighted by Gasteiger charge is -2.13. The van der Waals surface area contributed by atoms with E-state index in [1.165, 1.54) is 0 Å². The molecule has 0 radical (unpaired) electrons. The van der Waals surface area contributed by atoms with E-state index in [9.17, 15) is 9.59 Å². The molecule has 0 saturated heterocycles. The number of benzene rings is 3. The monoisotopic (exact) mass is 404 g/mol. The van der Waals surface area contributed by atoms with Crippen LogP contribution in [-0.2, 0) is 11.2 Å². The third-order valence-electron chi connectivity index (χ3n) is 4.82. The van der Waals surface area contributed by atoms with Crippen molar-refractivity contribution < 1.29 is 19.8 Å². The Morgan fingerprint density at radius 1 is 0.933 bits per heavy atom. The van der Waals surface area contributed by atoms with E-state index in [1.54, 1.807) is 42.5 Å². The van der Waals surface area contributed by atoms with Crippen molar-refractivity contribution in [3.05, 3.63) is 89.5 Å². The third-order valence-corrected chi connectivity index (χ3v) is 4.82. The molecule has 30 heavy (non-hydrogen) atoms. The molecule has 0 aromatic heterocycles. The number of para-hydroxylation sites is 1. The molecule has 0 saturated carbocycles. The minimum atomic E-state index is -0.960. The highest BCUT2D eigenvalue weighted by Crippen LogP contribution is 2.25. The standard InChI is InChI=1S/C24H24N2O4/c25-21(11-12-27)18-8-3-6-16(13-18)17-7-4-9-20(14-17)24(30)26-22-10-2-1-5-19(22)15-23(28)29/h1-10,13-14,21,27H,11-12,15,25H2,(H,26,30)(H,28,29)/t21-/m1/s1. The van der Waals surface area contributed by atoms with E-state index >= 15 is 0 Å². The van der Waals surface area contributed by atoms with E-state index in [-0.39, 0.29) is 25.0 Å². The highest BCUT2D eigenvalue weighted by molar-refractivity contribution is 6.05. The van der Waals surface area contributed by atoms with Crippen molar-refractivity contribution in [3.63, 3.8) is 0 Å². The fraction of sp³-hybridized carbons (Fsp3) is 0.167. The number of hydrogen-bond acceptors (Lipinski definition) is 4. The summed E-state index contributed by atoms with van der Waals surface area (Å²) in [6.07, 6.45) is 0.305. The first-order chi connectivity index (χ1) is 14.5. The van der Waals surface area contributed by atoms with Gasteiger partial charge in [0.15, 0.2) is 0 Å². The summed E-state index contributed by atoms with van der Waals surface area (Å²) in [5.41, 5.74) is 10.3. The van der Waals surface area contributed by atoms with E-state index in [4.69, 9.17) is 15.9 Å². The molecule has 3 aromatic carbocycles. The number of aliphatic hydroxyl groups is 1. The zero-order chi connectivity index (χ0) is 21.5. The summed E-state index contributed by atoms with van der Waals surface area (Å²) < 4.78 is 0. The maximum Gasteiger partial charge on any atom is 0.307 e. The van der Waals surface area contributed by atoms with Crippen LogP contribution < -0.4 is 11.1 Å². The van der Waals surface area contributed by atoms with Crippen LogP contribution in [0.2, 0.25) is 0 Å². The second-order valence-electron chi connectivity index (χ2n) is 7.01. The summed E-state index contributed by atoms with van der Waals surface area (Å²) >= 11 is 0. The van der Waals surface area contributed by atoms with Gasteiger partial charge in [-0.3, -0.25) is 9.59 Å². The van der Waals surface area contributed by atoms with Crippen LogP contribution in [0.25, 0.3) is 11.1 Å². The molecule has 6 nitrogen and oxygen atoms in total. The molecule has 3 rings (SSSR count). The van der Waals surface area contributed by atoms with Crippen molar-refractivity contribution in [3.8, 4) is 11.1 Å². The number of amides is 1. The SMILES string of the molecule is N[C@H](CCO)c1cccc(-c2cccc(C(=O)Nc3ccccc3CC(=O)O)c2)c1. The second kappa shape index (κ2) is 9.82. The Balaban J connectivity index is 1.83. The number of aliphatic carboxylic acids is 1. The van der Waals surface area contributed by atoms with Crippen molar-refractivity contribution in [2.45, 2.75) is 18.9 Å². The highest BCUT2D eigenvalue weighted by Gasteiger charge is 2.12. The van der Waals surface area contributed by atoms with E-state index < -0.39 is 5.97 Å². The van der Waals surface area contributed by atoms with Gasteiger partial charge < -0.3 is 21.3 Å². The summed E-state index contributed by atoms with van der Waals surface area (Å²) in [7, 11) is 0. The molecule has 0 bridgehead atoms. The number of carbonyl (C=O) groups excluding carboxylic acids is 1. The molecule has 1 atom stereocenters. The molecular weight excluding hydrogens is 380 g/mol. The minimum absolute atomic E-state index is 0.0183. The van der Waals surface area contributed by atoms with Gasteiger partial charge in [0.25, 0.3) is 5.91 Å². The number of rotatable bonds is 8. The van der Waals surface area contributed by atoms with Gasteiger partial charge in [0.1, 0.15) is 0 Å². The Bertz CT molecular complexity index is 1050. The number of nitrogens with one attached hydrogen (secondary N) is 1. The van der Waals surface area contributed by atoms with Crippen molar-refractivity contribution in [2.24, 2.45) is 5.73 Å². The second-order valence-corrected chi connectivity index (χ2v) is 7.01. The van der Waals surface area contributed by atoms with Gasteiger partial charge >= 0.3 is 5.97 Å². The summed E-state index contributed by atoms with van der Waals surface area (Å²) in [6, 6.07) is 21.5. The maximum atomic E-state index is 12.8. The van der Waals surface area contributed by atoms with Gasteiger partial charge in [-0.05, 0) is 52.9 Å². The van der Waals surface area contributed by atoms with Crippen LogP contribution in [-0.4, -0.2) is 28.7 Å². The molecule has 6 heteroatoms. The van der Waals surface area contributed by atoms with Crippen LogP contribution in [0.5, 0.6) is 0 Å². The molecule has 0 aliphatic heterocycles. The number of anilines is 1. The predicted molar refractivity (Wildman–Crippen MR) is 116 cm³/mol.